The summed E-state index contributed by atoms with van der Waals surface area (Å²) in [5, 5.41) is 4.47. The fraction of sp³-hybridized carbons (Fsp3) is 0.250. The van der Waals surface area contributed by atoms with Crippen molar-refractivity contribution in [3.05, 3.63) is 35.9 Å². The van der Waals surface area contributed by atoms with E-state index >= 15 is 0 Å². The summed E-state index contributed by atoms with van der Waals surface area (Å²) < 4.78 is 5.58. The molecule has 3 heteroatoms. The molecule has 2 heterocycles. The van der Waals surface area contributed by atoms with Gasteiger partial charge in [-0.1, -0.05) is 18.2 Å². The van der Waals surface area contributed by atoms with Crippen LogP contribution in [0.1, 0.15) is 5.56 Å². The molecule has 15 heavy (non-hydrogen) atoms. The SMILES string of the molecule is c1ccc2nc3c(cc2c1)CNCCO3. The summed E-state index contributed by atoms with van der Waals surface area (Å²) >= 11 is 0. The number of aromatic nitrogens is 1. The lowest BCUT2D eigenvalue weighted by molar-refractivity contribution is 0.315. The Balaban J connectivity index is 2.20. The van der Waals surface area contributed by atoms with Gasteiger partial charge in [0, 0.05) is 24.0 Å². The maximum atomic E-state index is 5.58. The average molecular weight is 200 g/mol. The quantitative estimate of drug-likeness (QED) is 0.703. The Kier molecular flexibility index (Phi) is 2.03. The van der Waals surface area contributed by atoms with E-state index in [9.17, 15) is 0 Å². The highest BCUT2D eigenvalue weighted by Gasteiger charge is 2.10. The van der Waals surface area contributed by atoms with E-state index in [2.05, 4.69) is 22.4 Å². The van der Waals surface area contributed by atoms with E-state index in [1.807, 2.05) is 18.2 Å². The molecule has 0 fully saturated rings. The van der Waals surface area contributed by atoms with Gasteiger partial charge in [0.15, 0.2) is 0 Å². The Morgan fingerprint density at radius 3 is 3.20 bits per heavy atom. The van der Waals surface area contributed by atoms with Gasteiger partial charge in [0.2, 0.25) is 5.88 Å². The van der Waals surface area contributed by atoms with E-state index in [0.29, 0.717) is 6.61 Å². The number of ether oxygens (including phenoxy) is 1. The predicted octanol–water partition coefficient (Wildman–Crippen LogP) is 1.72. The van der Waals surface area contributed by atoms with Gasteiger partial charge in [0.1, 0.15) is 6.61 Å². The molecule has 0 radical (unpaired) electrons. The van der Waals surface area contributed by atoms with Gasteiger partial charge in [0.25, 0.3) is 0 Å². The summed E-state index contributed by atoms with van der Waals surface area (Å²) in [6.45, 7) is 2.41. The zero-order valence-corrected chi connectivity index (χ0v) is 8.36. The van der Waals surface area contributed by atoms with Gasteiger partial charge in [-0.05, 0) is 12.1 Å². The van der Waals surface area contributed by atoms with Gasteiger partial charge >= 0.3 is 0 Å². The second-order valence-electron chi connectivity index (χ2n) is 3.67. The molecular formula is C12H12N2O. The zero-order valence-electron chi connectivity index (χ0n) is 8.36. The monoisotopic (exact) mass is 200 g/mol. The number of nitrogens with one attached hydrogen (secondary N) is 1. The molecule has 1 N–H and O–H groups in total. The average Bonchev–Trinajstić information content (AvgIpc) is 2.50. The van der Waals surface area contributed by atoms with Crippen molar-refractivity contribution in [2.75, 3.05) is 13.2 Å². The largest absolute Gasteiger partial charge is 0.476 e. The van der Waals surface area contributed by atoms with Gasteiger partial charge in [0.05, 0.1) is 5.52 Å². The first-order valence-corrected chi connectivity index (χ1v) is 5.16. The molecule has 1 aliphatic rings. The van der Waals surface area contributed by atoms with Crippen LogP contribution in [0.2, 0.25) is 0 Å². The van der Waals surface area contributed by atoms with Crippen LogP contribution in [0.5, 0.6) is 5.88 Å². The lowest BCUT2D eigenvalue weighted by Gasteiger charge is -2.06. The Morgan fingerprint density at radius 2 is 2.20 bits per heavy atom. The van der Waals surface area contributed by atoms with E-state index in [4.69, 9.17) is 4.74 Å². The number of hydrogen-bond donors (Lipinski definition) is 1. The molecule has 0 aliphatic carbocycles. The number of nitrogens with zero attached hydrogens (tertiary/aromatic N) is 1. The molecule has 3 rings (SSSR count). The number of pyridine rings is 1. The van der Waals surface area contributed by atoms with Crippen molar-refractivity contribution in [1.29, 1.82) is 0 Å². The number of fused-ring (bicyclic) bond motifs is 2. The molecule has 0 amide bonds. The molecule has 1 aromatic heterocycles. The van der Waals surface area contributed by atoms with Crippen molar-refractivity contribution in [2.45, 2.75) is 6.54 Å². The summed E-state index contributed by atoms with van der Waals surface area (Å²) in [6, 6.07) is 10.3. The van der Waals surface area contributed by atoms with Crippen LogP contribution < -0.4 is 10.1 Å². The van der Waals surface area contributed by atoms with Crippen LogP contribution in [-0.4, -0.2) is 18.1 Å². The van der Waals surface area contributed by atoms with E-state index < -0.39 is 0 Å². The molecule has 0 saturated heterocycles. The van der Waals surface area contributed by atoms with E-state index in [-0.39, 0.29) is 0 Å². The molecule has 76 valence electrons. The molecule has 2 aromatic rings. The third kappa shape index (κ3) is 1.55. The maximum absolute atomic E-state index is 5.58. The molecular weight excluding hydrogens is 188 g/mol. The number of para-hydroxylation sites is 1. The minimum absolute atomic E-state index is 0.693. The summed E-state index contributed by atoms with van der Waals surface area (Å²) in [4.78, 5) is 4.51. The highest BCUT2D eigenvalue weighted by Crippen LogP contribution is 2.22. The minimum Gasteiger partial charge on any atom is -0.476 e. The lowest BCUT2D eigenvalue weighted by Crippen LogP contribution is -2.16. The van der Waals surface area contributed by atoms with Crippen LogP contribution in [0.3, 0.4) is 0 Å². The third-order valence-corrected chi connectivity index (χ3v) is 2.60. The van der Waals surface area contributed by atoms with Crippen molar-refractivity contribution in [1.82, 2.24) is 10.3 Å². The molecule has 0 bridgehead atoms. The number of hydrogen-bond acceptors (Lipinski definition) is 3. The minimum atomic E-state index is 0.693. The Bertz CT molecular complexity index is 451. The van der Waals surface area contributed by atoms with Crippen molar-refractivity contribution < 1.29 is 4.74 Å². The van der Waals surface area contributed by atoms with Crippen LogP contribution in [0, 0.1) is 0 Å². The Hall–Kier alpha value is -1.61. The van der Waals surface area contributed by atoms with Crippen molar-refractivity contribution >= 4 is 10.9 Å². The predicted molar refractivity (Wildman–Crippen MR) is 58.9 cm³/mol. The maximum Gasteiger partial charge on any atom is 0.218 e. The zero-order chi connectivity index (χ0) is 10.1. The number of benzene rings is 1. The fourth-order valence-corrected chi connectivity index (χ4v) is 1.84. The van der Waals surface area contributed by atoms with Crippen molar-refractivity contribution in [3.8, 4) is 5.88 Å². The lowest BCUT2D eigenvalue weighted by atomic mass is 10.1. The first kappa shape index (κ1) is 8.68. The van der Waals surface area contributed by atoms with E-state index in [0.717, 1.165) is 30.0 Å². The molecule has 0 saturated carbocycles. The first-order valence-electron chi connectivity index (χ1n) is 5.16. The van der Waals surface area contributed by atoms with Crippen LogP contribution in [0.25, 0.3) is 10.9 Å². The molecule has 1 aromatic carbocycles. The second kappa shape index (κ2) is 3.51. The first-order chi connectivity index (χ1) is 7.43. The van der Waals surface area contributed by atoms with E-state index in [1.54, 1.807) is 0 Å². The second-order valence-corrected chi connectivity index (χ2v) is 3.67. The highest BCUT2D eigenvalue weighted by molar-refractivity contribution is 5.80. The summed E-state index contributed by atoms with van der Waals surface area (Å²) in [5.74, 6) is 0.777. The number of rotatable bonds is 0. The standard InChI is InChI=1S/C12H12N2O/c1-2-4-11-9(3-1)7-10-8-13-5-6-15-12(10)14-11/h1-4,7,13H,5-6,8H2. The van der Waals surface area contributed by atoms with Crippen LogP contribution in [-0.2, 0) is 6.54 Å². The smallest absolute Gasteiger partial charge is 0.218 e. The molecule has 0 spiro atoms. The topological polar surface area (TPSA) is 34.2 Å². The third-order valence-electron chi connectivity index (χ3n) is 2.60. The van der Waals surface area contributed by atoms with Gasteiger partial charge in [-0.25, -0.2) is 4.98 Å². The van der Waals surface area contributed by atoms with Crippen molar-refractivity contribution in [3.63, 3.8) is 0 Å². The summed E-state index contributed by atoms with van der Waals surface area (Å²) in [5.41, 5.74) is 2.14. The molecule has 3 nitrogen and oxygen atoms in total. The van der Waals surface area contributed by atoms with E-state index in [1.165, 1.54) is 5.39 Å². The van der Waals surface area contributed by atoms with Crippen LogP contribution in [0.4, 0.5) is 0 Å². The fourth-order valence-electron chi connectivity index (χ4n) is 1.84. The van der Waals surface area contributed by atoms with Crippen molar-refractivity contribution in [2.24, 2.45) is 0 Å². The van der Waals surface area contributed by atoms with Gasteiger partial charge in [-0.3, -0.25) is 0 Å². The highest BCUT2D eigenvalue weighted by atomic mass is 16.5. The normalized spacial score (nSPS) is 15.5. The Morgan fingerprint density at radius 1 is 1.27 bits per heavy atom. The van der Waals surface area contributed by atoms with Crippen LogP contribution in [0.15, 0.2) is 30.3 Å². The molecule has 0 atom stereocenters. The van der Waals surface area contributed by atoms with Gasteiger partial charge < -0.3 is 10.1 Å². The summed E-state index contributed by atoms with van der Waals surface area (Å²) in [6.07, 6.45) is 0. The van der Waals surface area contributed by atoms with Gasteiger partial charge in [-0.15, -0.1) is 0 Å². The molecule has 1 aliphatic heterocycles. The van der Waals surface area contributed by atoms with Crippen LogP contribution >= 0.6 is 0 Å². The summed E-state index contributed by atoms with van der Waals surface area (Å²) in [7, 11) is 0. The molecule has 0 unspecified atom stereocenters. The van der Waals surface area contributed by atoms with Gasteiger partial charge in [-0.2, -0.15) is 0 Å². The Labute approximate surface area is 88.1 Å².